The van der Waals surface area contributed by atoms with Crippen LogP contribution >= 0.6 is 11.3 Å². The van der Waals surface area contributed by atoms with Gasteiger partial charge in [0.2, 0.25) is 5.91 Å². The van der Waals surface area contributed by atoms with Gasteiger partial charge >= 0.3 is 0 Å². The number of carbonyl (C=O) groups excluding carboxylic acids is 1. The molecule has 1 amide bonds. The Kier molecular flexibility index (Phi) is 3.90. The summed E-state index contributed by atoms with van der Waals surface area (Å²) in [5.74, 6) is -0.0231. The molecule has 1 aliphatic rings. The first kappa shape index (κ1) is 15.1. The van der Waals surface area contributed by atoms with Crippen LogP contribution in [-0.4, -0.2) is 26.9 Å². The average Bonchev–Trinajstić information content (AvgIpc) is 3.28. The van der Waals surface area contributed by atoms with Gasteiger partial charge in [-0.15, -0.1) is 11.3 Å². The zero-order chi connectivity index (χ0) is 16.5. The minimum Gasteiger partial charge on any atom is -0.333 e. The van der Waals surface area contributed by atoms with Crippen LogP contribution in [0.3, 0.4) is 0 Å². The van der Waals surface area contributed by atoms with E-state index in [4.69, 9.17) is 0 Å². The highest BCUT2D eigenvalue weighted by atomic mass is 32.1. The molecule has 1 aromatic carbocycles. The maximum Gasteiger partial charge on any atom is 0.261 e. The molecule has 1 atom stereocenters. The van der Waals surface area contributed by atoms with Crippen molar-refractivity contribution in [3.05, 3.63) is 63.3 Å². The highest BCUT2D eigenvalue weighted by molar-refractivity contribution is 7.10. The van der Waals surface area contributed by atoms with E-state index in [0.29, 0.717) is 10.9 Å². The standard InChI is InChI=1S/C18H17N3O2S/c22-17(21-9-3-7-15(21)16-8-4-10-24-16)11-20-12-19-14-6-2-1-5-13(14)18(20)23/h1-2,4-6,8,10,12,15H,3,7,9,11H2/t15-/m1/s1. The van der Waals surface area contributed by atoms with Crippen molar-refractivity contribution < 1.29 is 4.79 Å². The van der Waals surface area contributed by atoms with Crippen LogP contribution in [0.2, 0.25) is 0 Å². The molecule has 0 spiro atoms. The minimum absolute atomic E-state index is 0.0231. The molecule has 0 unspecified atom stereocenters. The molecule has 2 aromatic heterocycles. The lowest BCUT2D eigenvalue weighted by Gasteiger charge is -2.24. The average molecular weight is 339 g/mol. The summed E-state index contributed by atoms with van der Waals surface area (Å²) < 4.78 is 1.41. The zero-order valence-corrected chi connectivity index (χ0v) is 13.9. The number of hydrogen-bond donors (Lipinski definition) is 0. The van der Waals surface area contributed by atoms with Crippen LogP contribution in [-0.2, 0) is 11.3 Å². The molecule has 4 rings (SSSR count). The summed E-state index contributed by atoms with van der Waals surface area (Å²) in [5, 5.41) is 2.58. The number of rotatable bonds is 3. The van der Waals surface area contributed by atoms with E-state index in [0.717, 1.165) is 19.4 Å². The topological polar surface area (TPSA) is 55.2 Å². The Balaban J connectivity index is 1.60. The lowest BCUT2D eigenvalue weighted by Crippen LogP contribution is -2.36. The largest absolute Gasteiger partial charge is 0.333 e. The molecule has 3 aromatic rings. The molecule has 0 aliphatic carbocycles. The van der Waals surface area contributed by atoms with Crippen LogP contribution in [0.15, 0.2) is 52.9 Å². The highest BCUT2D eigenvalue weighted by Crippen LogP contribution is 2.34. The number of carbonyl (C=O) groups is 1. The minimum atomic E-state index is -0.166. The lowest BCUT2D eigenvalue weighted by molar-refractivity contribution is -0.132. The fraction of sp³-hybridized carbons (Fsp3) is 0.278. The maximum absolute atomic E-state index is 12.8. The number of fused-ring (bicyclic) bond motifs is 1. The first-order valence-corrected chi connectivity index (χ1v) is 8.89. The Bertz CT molecular complexity index is 933. The SMILES string of the molecule is O=C(Cn1cnc2ccccc2c1=O)N1CCC[C@@H]1c1cccs1. The lowest BCUT2D eigenvalue weighted by atomic mass is 10.2. The molecule has 0 saturated carbocycles. The summed E-state index contributed by atoms with van der Waals surface area (Å²) in [6.45, 7) is 0.787. The van der Waals surface area contributed by atoms with E-state index in [9.17, 15) is 9.59 Å². The number of amides is 1. The number of thiophene rings is 1. The summed E-state index contributed by atoms with van der Waals surface area (Å²) in [4.78, 5) is 32.7. The zero-order valence-electron chi connectivity index (χ0n) is 13.1. The molecular weight excluding hydrogens is 322 g/mol. The van der Waals surface area contributed by atoms with Crippen molar-refractivity contribution in [1.82, 2.24) is 14.5 Å². The van der Waals surface area contributed by atoms with Crippen LogP contribution in [0.4, 0.5) is 0 Å². The number of hydrogen-bond acceptors (Lipinski definition) is 4. The molecule has 0 bridgehead atoms. The van der Waals surface area contributed by atoms with Crippen LogP contribution < -0.4 is 5.56 Å². The van der Waals surface area contributed by atoms with Gasteiger partial charge < -0.3 is 4.90 Å². The normalized spacial score (nSPS) is 17.5. The molecule has 6 heteroatoms. The third-order valence-corrected chi connectivity index (χ3v) is 5.46. The number of benzene rings is 1. The highest BCUT2D eigenvalue weighted by Gasteiger charge is 2.30. The van der Waals surface area contributed by atoms with Gasteiger partial charge in [-0.3, -0.25) is 14.2 Å². The van der Waals surface area contributed by atoms with Crippen LogP contribution in [0.25, 0.3) is 10.9 Å². The van der Waals surface area contributed by atoms with E-state index in [1.807, 2.05) is 28.5 Å². The number of para-hydroxylation sites is 1. The van der Waals surface area contributed by atoms with Gasteiger partial charge in [0.25, 0.3) is 5.56 Å². The van der Waals surface area contributed by atoms with Crippen LogP contribution in [0, 0.1) is 0 Å². The van der Waals surface area contributed by atoms with Gasteiger partial charge in [0.05, 0.1) is 23.3 Å². The number of likely N-dealkylation sites (tertiary alicyclic amines) is 1. The van der Waals surface area contributed by atoms with Gasteiger partial charge in [0, 0.05) is 11.4 Å². The van der Waals surface area contributed by atoms with Crippen molar-refractivity contribution in [3.8, 4) is 0 Å². The summed E-state index contributed by atoms with van der Waals surface area (Å²) in [7, 11) is 0. The summed E-state index contributed by atoms with van der Waals surface area (Å²) >= 11 is 1.68. The molecule has 122 valence electrons. The molecule has 3 heterocycles. The summed E-state index contributed by atoms with van der Waals surface area (Å²) in [5.41, 5.74) is 0.490. The molecule has 1 fully saturated rings. The smallest absolute Gasteiger partial charge is 0.261 e. The molecule has 1 aliphatic heterocycles. The van der Waals surface area contributed by atoms with Crippen molar-refractivity contribution in [2.45, 2.75) is 25.4 Å². The van der Waals surface area contributed by atoms with Gasteiger partial charge in [-0.05, 0) is 36.4 Å². The van der Waals surface area contributed by atoms with Gasteiger partial charge in [-0.1, -0.05) is 18.2 Å². The van der Waals surface area contributed by atoms with Crippen molar-refractivity contribution in [2.24, 2.45) is 0 Å². The third kappa shape index (κ3) is 2.63. The molecular formula is C18H17N3O2S. The van der Waals surface area contributed by atoms with E-state index < -0.39 is 0 Å². The second kappa shape index (κ2) is 6.20. The van der Waals surface area contributed by atoms with Crippen molar-refractivity contribution in [3.63, 3.8) is 0 Å². The molecule has 5 nitrogen and oxygen atoms in total. The first-order chi connectivity index (χ1) is 11.7. The fourth-order valence-electron chi connectivity index (χ4n) is 3.30. The Morgan fingerprint density at radius 3 is 2.96 bits per heavy atom. The number of aromatic nitrogens is 2. The van der Waals surface area contributed by atoms with Crippen molar-refractivity contribution >= 4 is 28.1 Å². The van der Waals surface area contributed by atoms with Gasteiger partial charge in [0.15, 0.2) is 0 Å². The van der Waals surface area contributed by atoms with Gasteiger partial charge in [0.1, 0.15) is 6.54 Å². The van der Waals surface area contributed by atoms with Crippen molar-refractivity contribution in [2.75, 3.05) is 6.54 Å². The second-order valence-electron chi connectivity index (χ2n) is 5.96. The Morgan fingerprint density at radius 2 is 2.12 bits per heavy atom. The Labute approximate surface area is 143 Å². The van der Waals surface area contributed by atoms with E-state index in [2.05, 4.69) is 11.1 Å². The Hall–Kier alpha value is -2.47. The summed E-state index contributed by atoms with van der Waals surface area (Å²) in [6.07, 6.45) is 3.45. The second-order valence-corrected chi connectivity index (χ2v) is 6.93. The Morgan fingerprint density at radius 1 is 1.25 bits per heavy atom. The van der Waals surface area contributed by atoms with Crippen LogP contribution in [0.5, 0.6) is 0 Å². The first-order valence-electron chi connectivity index (χ1n) is 8.01. The molecule has 0 radical (unpaired) electrons. The summed E-state index contributed by atoms with van der Waals surface area (Å²) in [6, 6.07) is 11.4. The molecule has 0 N–H and O–H groups in total. The quantitative estimate of drug-likeness (QED) is 0.737. The van der Waals surface area contributed by atoms with Gasteiger partial charge in [-0.2, -0.15) is 0 Å². The molecule has 24 heavy (non-hydrogen) atoms. The van der Waals surface area contributed by atoms with E-state index in [1.165, 1.54) is 15.8 Å². The number of nitrogens with zero attached hydrogens (tertiary/aromatic N) is 3. The van der Waals surface area contributed by atoms with Crippen molar-refractivity contribution in [1.29, 1.82) is 0 Å². The van der Waals surface area contributed by atoms with E-state index >= 15 is 0 Å². The predicted octanol–water partition coefficient (Wildman–Crippen LogP) is 2.82. The maximum atomic E-state index is 12.8. The third-order valence-electron chi connectivity index (χ3n) is 4.48. The molecule has 1 saturated heterocycles. The monoisotopic (exact) mass is 339 g/mol. The van der Waals surface area contributed by atoms with Crippen LogP contribution in [0.1, 0.15) is 23.8 Å². The van der Waals surface area contributed by atoms with Gasteiger partial charge in [-0.25, -0.2) is 4.98 Å². The predicted molar refractivity (Wildman–Crippen MR) is 94.0 cm³/mol. The fourth-order valence-corrected chi connectivity index (χ4v) is 4.17. The van der Waals surface area contributed by atoms with E-state index in [1.54, 1.807) is 23.5 Å². The van der Waals surface area contributed by atoms with E-state index in [-0.39, 0.29) is 24.1 Å².